The van der Waals surface area contributed by atoms with Crippen LogP contribution < -0.4 is 9.62 Å². The van der Waals surface area contributed by atoms with Gasteiger partial charge < -0.3 is 5.32 Å². The van der Waals surface area contributed by atoms with E-state index in [1.165, 1.54) is 4.90 Å². The zero-order valence-corrected chi connectivity index (χ0v) is 18.2. The normalized spacial score (nSPS) is 11.2. The smallest absolute Gasteiger partial charge is 0.240 e. The van der Waals surface area contributed by atoms with E-state index in [-0.39, 0.29) is 12.5 Å². The van der Waals surface area contributed by atoms with Crippen molar-refractivity contribution in [3.8, 4) is 0 Å². The van der Waals surface area contributed by atoms with Crippen molar-refractivity contribution < 1.29 is 13.2 Å². The molecule has 0 unspecified atom stereocenters. The maximum Gasteiger partial charge on any atom is 0.240 e. The van der Waals surface area contributed by atoms with Gasteiger partial charge in [0.05, 0.1) is 11.9 Å². The van der Waals surface area contributed by atoms with E-state index in [0.29, 0.717) is 12.2 Å². The first-order valence-corrected chi connectivity index (χ1v) is 12.0. The number of anilines is 1. The summed E-state index contributed by atoms with van der Waals surface area (Å²) in [6.45, 7) is 0.300. The van der Waals surface area contributed by atoms with E-state index in [1.807, 2.05) is 42.5 Å². The number of hydrogen-bond acceptors (Lipinski definition) is 4. The highest BCUT2D eigenvalue weighted by atomic mass is 127. The molecule has 0 fully saturated rings. The molecule has 0 saturated heterocycles. The minimum absolute atomic E-state index is 0.217. The lowest BCUT2D eigenvalue weighted by Gasteiger charge is -2.22. The predicted octanol–water partition coefficient (Wildman–Crippen LogP) is 3.36. The maximum atomic E-state index is 12.1. The molecular weight excluding hydrogens is 483 g/mol. The van der Waals surface area contributed by atoms with Crippen LogP contribution in [0.4, 0.5) is 5.69 Å². The lowest BCUT2D eigenvalue weighted by atomic mass is 10.3. The minimum atomic E-state index is -3.53. The molecule has 2 aromatic rings. The average molecular weight is 504 g/mol. The fourth-order valence-electron chi connectivity index (χ4n) is 2.20. The van der Waals surface area contributed by atoms with Gasteiger partial charge >= 0.3 is 0 Å². The van der Waals surface area contributed by atoms with E-state index in [0.717, 1.165) is 26.3 Å². The highest BCUT2D eigenvalue weighted by Crippen LogP contribution is 2.19. The number of thioether (sulfide) groups is 1. The van der Waals surface area contributed by atoms with E-state index >= 15 is 0 Å². The topological polar surface area (TPSA) is 66.5 Å². The Kier molecular flexibility index (Phi) is 8.23. The van der Waals surface area contributed by atoms with Gasteiger partial charge in [-0.25, -0.2) is 8.42 Å². The number of carbonyl (C=O) groups excluding carboxylic acids is 1. The molecular formula is C18H21IN2O3S2. The number of rotatable bonds is 9. The summed E-state index contributed by atoms with van der Waals surface area (Å²) in [6.07, 6.45) is 1.92. The number of sulfonamides is 1. The fourth-order valence-corrected chi connectivity index (χ4v) is 4.29. The Balaban J connectivity index is 1.81. The molecule has 0 spiro atoms. The Bertz CT molecular complexity index is 812. The second-order valence-corrected chi connectivity index (χ2v) is 9.93. The third-order valence-corrected chi connectivity index (χ3v) is 6.42. The van der Waals surface area contributed by atoms with Gasteiger partial charge in [-0.15, -0.1) is 11.8 Å². The molecule has 0 radical (unpaired) electrons. The molecule has 0 aliphatic heterocycles. The first-order valence-electron chi connectivity index (χ1n) is 8.04. The molecule has 0 saturated carbocycles. The maximum absolute atomic E-state index is 12.1. The van der Waals surface area contributed by atoms with Crippen molar-refractivity contribution in [1.29, 1.82) is 0 Å². The summed E-state index contributed by atoms with van der Waals surface area (Å²) in [7, 11) is -3.53. The largest absolute Gasteiger partial charge is 0.354 e. The third-order valence-electron chi connectivity index (χ3n) is 3.46. The predicted molar refractivity (Wildman–Crippen MR) is 116 cm³/mol. The van der Waals surface area contributed by atoms with Crippen LogP contribution in [-0.4, -0.2) is 39.4 Å². The number of halogens is 1. The SMILES string of the molecule is CS(=O)(=O)N(CC(=O)NCCCSc1ccccc1)c1ccc(I)cc1. The quantitative estimate of drug-likeness (QED) is 0.323. The summed E-state index contributed by atoms with van der Waals surface area (Å²) in [5, 5.41) is 2.79. The Morgan fingerprint density at radius 3 is 2.38 bits per heavy atom. The van der Waals surface area contributed by atoms with Gasteiger partial charge in [-0.05, 0) is 71.2 Å². The van der Waals surface area contributed by atoms with Gasteiger partial charge in [0.25, 0.3) is 0 Å². The van der Waals surface area contributed by atoms with Crippen molar-refractivity contribution >= 4 is 56.0 Å². The molecule has 2 aromatic carbocycles. The van der Waals surface area contributed by atoms with Gasteiger partial charge in [-0.2, -0.15) is 0 Å². The van der Waals surface area contributed by atoms with Crippen LogP contribution >= 0.6 is 34.4 Å². The molecule has 0 atom stereocenters. The van der Waals surface area contributed by atoms with Crippen molar-refractivity contribution in [2.75, 3.05) is 29.4 Å². The molecule has 5 nitrogen and oxygen atoms in total. The van der Waals surface area contributed by atoms with Crippen molar-refractivity contribution in [3.05, 3.63) is 58.2 Å². The van der Waals surface area contributed by atoms with Crippen LogP contribution in [0.5, 0.6) is 0 Å². The molecule has 2 rings (SSSR count). The van der Waals surface area contributed by atoms with E-state index in [1.54, 1.807) is 23.9 Å². The monoisotopic (exact) mass is 504 g/mol. The summed E-state index contributed by atoms with van der Waals surface area (Å²) < 4.78 is 26.2. The number of nitrogens with one attached hydrogen (secondary N) is 1. The van der Waals surface area contributed by atoms with E-state index in [4.69, 9.17) is 0 Å². The van der Waals surface area contributed by atoms with Crippen LogP contribution in [-0.2, 0) is 14.8 Å². The molecule has 8 heteroatoms. The van der Waals surface area contributed by atoms with Gasteiger partial charge in [-0.3, -0.25) is 9.10 Å². The first kappa shape index (κ1) is 21.0. The Labute approximate surface area is 172 Å². The van der Waals surface area contributed by atoms with Gasteiger partial charge in [0.1, 0.15) is 6.54 Å². The van der Waals surface area contributed by atoms with Gasteiger partial charge in [0.2, 0.25) is 15.9 Å². The average Bonchev–Trinajstić information content (AvgIpc) is 2.60. The molecule has 1 amide bonds. The van der Waals surface area contributed by atoms with Crippen LogP contribution in [0.2, 0.25) is 0 Å². The standard InChI is InChI=1S/C18H21IN2O3S2/c1-26(23,24)21(16-10-8-15(19)9-11-16)14-18(22)20-12-5-13-25-17-6-3-2-4-7-17/h2-4,6-11H,5,12-14H2,1H3,(H,20,22). The molecule has 0 aliphatic rings. The summed E-state index contributed by atoms with van der Waals surface area (Å²) in [5.74, 6) is 0.579. The zero-order valence-electron chi connectivity index (χ0n) is 14.4. The Hall–Kier alpha value is -1.26. The summed E-state index contributed by atoms with van der Waals surface area (Å²) in [6, 6.07) is 17.1. The number of nitrogens with zero attached hydrogens (tertiary/aromatic N) is 1. The van der Waals surface area contributed by atoms with Crippen molar-refractivity contribution in [2.24, 2.45) is 0 Å². The summed E-state index contributed by atoms with van der Waals surface area (Å²) in [4.78, 5) is 13.3. The number of benzene rings is 2. The second kappa shape index (κ2) is 10.2. The third kappa shape index (κ3) is 7.16. The molecule has 0 heterocycles. The van der Waals surface area contributed by atoms with Crippen LogP contribution in [0, 0.1) is 3.57 Å². The molecule has 140 valence electrons. The molecule has 0 aromatic heterocycles. The lowest BCUT2D eigenvalue weighted by Crippen LogP contribution is -2.40. The van der Waals surface area contributed by atoms with Crippen LogP contribution in [0.1, 0.15) is 6.42 Å². The van der Waals surface area contributed by atoms with Gasteiger partial charge in [-0.1, -0.05) is 18.2 Å². The molecule has 0 bridgehead atoms. The number of amides is 1. The zero-order chi connectivity index (χ0) is 19.0. The summed E-state index contributed by atoms with van der Waals surface area (Å²) >= 11 is 3.88. The fraction of sp³-hybridized carbons (Fsp3) is 0.278. The first-order chi connectivity index (χ1) is 12.4. The number of carbonyl (C=O) groups is 1. The van der Waals surface area contributed by atoms with E-state index < -0.39 is 10.0 Å². The number of hydrogen-bond donors (Lipinski definition) is 1. The van der Waals surface area contributed by atoms with Gasteiger partial charge in [0.15, 0.2) is 0 Å². The van der Waals surface area contributed by atoms with Crippen LogP contribution in [0.25, 0.3) is 0 Å². The van der Waals surface area contributed by atoms with Gasteiger partial charge in [0, 0.05) is 15.0 Å². The minimum Gasteiger partial charge on any atom is -0.354 e. The Morgan fingerprint density at radius 2 is 1.77 bits per heavy atom. The molecule has 26 heavy (non-hydrogen) atoms. The van der Waals surface area contributed by atoms with E-state index in [2.05, 4.69) is 27.9 Å². The Morgan fingerprint density at radius 1 is 1.12 bits per heavy atom. The highest BCUT2D eigenvalue weighted by molar-refractivity contribution is 14.1. The van der Waals surface area contributed by atoms with E-state index in [9.17, 15) is 13.2 Å². The van der Waals surface area contributed by atoms with Crippen LogP contribution in [0.15, 0.2) is 59.5 Å². The van der Waals surface area contributed by atoms with Crippen LogP contribution in [0.3, 0.4) is 0 Å². The highest BCUT2D eigenvalue weighted by Gasteiger charge is 2.20. The summed E-state index contributed by atoms with van der Waals surface area (Å²) in [5.41, 5.74) is 0.489. The van der Waals surface area contributed by atoms with Crippen molar-refractivity contribution in [3.63, 3.8) is 0 Å². The molecule has 1 N–H and O–H groups in total. The molecule has 0 aliphatic carbocycles. The lowest BCUT2D eigenvalue weighted by molar-refractivity contribution is -0.119. The second-order valence-electron chi connectivity index (χ2n) is 5.61. The van der Waals surface area contributed by atoms with Crippen molar-refractivity contribution in [1.82, 2.24) is 5.32 Å². The van der Waals surface area contributed by atoms with Crippen molar-refractivity contribution in [2.45, 2.75) is 11.3 Å².